The van der Waals surface area contributed by atoms with E-state index in [0.29, 0.717) is 39.3 Å². The number of carbonyl (C=O) groups is 2. The van der Waals surface area contributed by atoms with Crippen molar-refractivity contribution in [2.24, 2.45) is 0 Å². The van der Waals surface area contributed by atoms with Gasteiger partial charge in [0.05, 0.1) is 6.54 Å². The van der Waals surface area contributed by atoms with Crippen LogP contribution in [0.1, 0.15) is 12.8 Å². The lowest BCUT2D eigenvalue weighted by Gasteiger charge is -2.35. The third kappa shape index (κ3) is 4.83. The lowest BCUT2D eigenvalue weighted by molar-refractivity contribution is -0.142. The first-order valence-corrected chi connectivity index (χ1v) is 10.3. The first-order valence-electron chi connectivity index (χ1n) is 10.3. The molecule has 1 atom stereocenters. The Bertz CT molecular complexity index is 841. The highest BCUT2D eigenvalue weighted by molar-refractivity contribution is 5.96. The fourth-order valence-electron chi connectivity index (χ4n) is 3.96. The van der Waals surface area contributed by atoms with Crippen molar-refractivity contribution in [1.82, 2.24) is 9.80 Å². The molecule has 1 unspecified atom stereocenters. The van der Waals surface area contributed by atoms with Gasteiger partial charge in [0.25, 0.3) is 5.91 Å². The zero-order valence-corrected chi connectivity index (χ0v) is 16.5. The van der Waals surface area contributed by atoms with Crippen molar-refractivity contribution in [1.29, 1.82) is 0 Å². The Balaban J connectivity index is 1.31. The number of anilines is 1. The molecule has 0 radical (unpaired) electrons. The summed E-state index contributed by atoms with van der Waals surface area (Å²) in [6.45, 7) is 3.70. The summed E-state index contributed by atoms with van der Waals surface area (Å²) in [5.41, 5.74) is 2.90. The second-order valence-electron chi connectivity index (χ2n) is 7.56. The zero-order valence-electron chi connectivity index (χ0n) is 16.5. The van der Waals surface area contributed by atoms with Gasteiger partial charge >= 0.3 is 0 Å². The van der Waals surface area contributed by atoms with Crippen LogP contribution in [0.25, 0.3) is 11.1 Å². The van der Waals surface area contributed by atoms with E-state index in [2.05, 4.69) is 10.2 Å². The predicted molar refractivity (Wildman–Crippen MR) is 113 cm³/mol. The average molecular weight is 393 g/mol. The smallest absolute Gasteiger partial charge is 0.251 e. The molecule has 2 aliphatic rings. The largest absolute Gasteiger partial charge is 0.368 e. The third-order valence-corrected chi connectivity index (χ3v) is 5.54. The van der Waals surface area contributed by atoms with E-state index in [1.807, 2.05) is 59.5 Å². The number of nitrogens with one attached hydrogen (secondary N) is 1. The Labute approximate surface area is 171 Å². The second-order valence-corrected chi connectivity index (χ2v) is 7.56. The summed E-state index contributed by atoms with van der Waals surface area (Å²) in [5.74, 6) is 0.0654. The van der Waals surface area contributed by atoms with Crippen molar-refractivity contribution in [3.8, 4) is 11.1 Å². The minimum Gasteiger partial charge on any atom is -0.368 e. The molecular formula is C23H27N3O3. The van der Waals surface area contributed by atoms with Crippen LogP contribution in [0.15, 0.2) is 54.6 Å². The number of rotatable bonds is 5. The Morgan fingerprint density at radius 1 is 0.966 bits per heavy atom. The summed E-state index contributed by atoms with van der Waals surface area (Å²) in [5, 5.41) is 3.05. The number of hydrogen-bond acceptors (Lipinski definition) is 4. The molecule has 6 nitrogen and oxygen atoms in total. The van der Waals surface area contributed by atoms with E-state index in [1.165, 1.54) is 0 Å². The summed E-state index contributed by atoms with van der Waals surface area (Å²) in [7, 11) is 0. The molecule has 2 fully saturated rings. The van der Waals surface area contributed by atoms with E-state index in [-0.39, 0.29) is 17.9 Å². The predicted octanol–water partition coefficient (Wildman–Crippen LogP) is 2.62. The van der Waals surface area contributed by atoms with Gasteiger partial charge in [-0.05, 0) is 24.5 Å². The van der Waals surface area contributed by atoms with Gasteiger partial charge in [-0.1, -0.05) is 48.5 Å². The van der Waals surface area contributed by atoms with Crippen molar-refractivity contribution in [3.63, 3.8) is 0 Å². The van der Waals surface area contributed by atoms with E-state index < -0.39 is 0 Å². The average Bonchev–Trinajstić information content (AvgIpc) is 3.30. The molecule has 0 saturated carbocycles. The van der Waals surface area contributed by atoms with Gasteiger partial charge in [0.1, 0.15) is 6.10 Å². The van der Waals surface area contributed by atoms with Crippen LogP contribution in [0.4, 0.5) is 5.69 Å². The molecule has 2 heterocycles. The Morgan fingerprint density at radius 2 is 1.69 bits per heavy atom. The molecule has 0 bridgehead atoms. The van der Waals surface area contributed by atoms with Gasteiger partial charge in [-0.25, -0.2) is 0 Å². The van der Waals surface area contributed by atoms with Gasteiger partial charge in [-0.2, -0.15) is 0 Å². The molecule has 6 heteroatoms. The fraction of sp³-hybridized carbons (Fsp3) is 0.391. The summed E-state index contributed by atoms with van der Waals surface area (Å²) in [6.07, 6.45) is 1.52. The number of para-hydroxylation sites is 1. The van der Waals surface area contributed by atoms with Crippen LogP contribution in [0.2, 0.25) is 0 Å². The highest BCUT2D eigenvalue weighted by Crippen LogP contribution is 2.27. The molecule has 4 rings (SSSR count). The van der Waals surface area contributed by atoms with Crippen LogP contribution in [-0.2, 0) is 14.3 Å². The Kier molecular flexibility index (Phi) is 6.22. The van der Waals surface area contributed by atoms with Gasteiger partial charge in [0.2, 0.25) is 5.91 Å². The van der Waals surface area contributed by atoms with Gasteiger partial charge in [0.15, 0.2) is 0 Å². The standard InChI is InChI=1S/C23H27N3O3/c27-22(24-20-10-5-4-9-19(20)18-7-2-1-3-8-18)17-25-12-14-26(15-13-25)23(28)21-11-6-16-29-21/h1-5,7-10,21H,6,11-17H2,(H,24,27). The molecule has 152 valence electrons. The van der Waals surface area contributed by atoms with Gasteiger partial charge in [-0.15, -0.1) is 0 Å². The maximum atomic E-state index is 12.6. The molecule has 0 aromatic heterocycles. The van der Waals surface area contributed by atoms with Crippen molar-refractivity contribution < 1.29 is 14.3 Å². The number of carbonyl (C=O) groups excluding carboxylic acids is 2. The first kappa shape index (κ1) is 19.6. The molecule has 2 amide bonds. The monoisotopic (exact) mass is 393 g/mol. The van der Waals surface area contributed by atoms with Gasteiger partial charge in [0, 0.05) is 44.0 Å². The fourth-order valence-corrected chi connectivity index (χ4v) is 3.96. The number of piperazine rings is 1. The lowest BCUT2D eigenvalue weighted by Crippen LogP contribution is -2.52. The molecule has 2 saturated heterocycles. The van der Waals surface area contributed by atoms with Crippen LogP contribution in [0, 0.1) is 0 Å². The van der Waals surface area contributed by atoms with Crippen LogP contribution >= 0.6 is 0 Å². The molecule has 2 aliphatic heterocycles. The maximum absolute atomic E-state index is 12.6. The molecule has 2 aromatic carbocycles. The molecule has 0 spiro atoms. The number of amides is 2. The summed E-state index contributed by atoms with van der Waals surface area (Å²) >= 11 is 0. The van der Waals surface area contributed by atoms with Crippen LogP contribution in [-0.4, -0.2) is 67.0 Å². The van der Waals surface area contributed by atoms with Crippen molar-refractivity contribution in [2.75, 3.05) is 44.6 Å². The molecular weight excluding hydrogens is 366 g/mol. The number of benzene rings is 2. The number of hydrogen-bond donors (Lipinski definition) is 1. The highest BCUT2D eigenvalue weighted by atomic mass is 16.5. The topological polar surface area (TPSA) is 61.9 Å². The summed E-state index contributed by atoms with van der Waals surface area (Å²) < 4.78 is 5.50. The normalized spacial score (nSPS) is 19.9. The van der Waals surface area contributed by atoms with E-state index in [1.54, 1.807) is 0 Å². The Morgan fingerprint density at radius 3 is 2.41 bits per heavy atom. The van der Waals surface area contributed by atoms with Crippen LogP contribution in [0.3, 0.4) is 0 Å². The summed E-state index contributed by atoms with van der Waals surface area (Å²) in [6, 6.07) is 17.9. The molecule has 29 heavy (non-hydrogen) atoms. The minimum absolute atomic E-state index is 0.0349. The molecule has 0 aliphatic carbocycles. The number of nitrogens with zero attached hydrogens (tertiary/aromatic N) is 2. The van der Waals surface area contributed by atoms with Crippen LogP contribution < -0.4 is 5.32 Å². The van der Waals surface area contributed by atoms with Gasteiger partial charge in [-0.3, -0.25) is 14.5 Å². The quantitative estimate of drug-likeness (QED) is 0.848. The van der Waals surface area contributed by atoms with E-state index in [4.69, 9.17) is 4.74 Å². The lowest BCUT2D eigenvalue weighted by atomic mass is 10.0. The third-order valence-electron chi connectivity index (χ3n) is 5.54. The van der Waals surface area contributed by atoms with Crippen molar-refractivity contribution >= 4 is 17.5 Å². The number of ether oxygens (including phenoxy) is 1. The van der Waals surface area contributed by atoms with E-state index in [9.17, 15) is 9.59 Å². The first-order chi connectivity index (χ1) is 14.2. The maximum Gasteiger partial charge on any atom is 0.251 e. The second kappa shape index (κ2) is 9.20. The van der Waals surface area contributed by atoms with E-state index in [0.717, 1.165) is 29.7 Å². The van der Waals surface area contributed by atoms with E-state index >= 15 is 0 Å². The van der Waals surface area contributed by atoms with Gasteiger partial charge < -0.3 is 15.0 Å². The highest BCUT2D eigenvalue weighted by Gasteiger charge is 2.30. The zero-order chi connectivity index (χ0) is 20.1. The minimum atomic E-state index is -0.265. The molecule has 2 aromatic rings. The van der Waals surface area contributed by atoms with Crippen LogP contribution in [0.5, 0.6) is 0 Å². The van der Waals surface area contributed by atoms with Crippen molar-refractivity contribution in [3.05, 3.63) is 54.6 Å². The SMILES string of the molecule is O=C(CN1CCN(C(=O)C2CCCO2)CC1)Nc1ccccc1-c1ccccc1. The molecule has 1 N–H and O–H groups in total. The van der Waals surface area contributed by atoms with Crippen molar-refractivity contribution in [2.45, 2.75) is 18.9 Å². The summed E-state index contributed by atoms with van der Waals surface area (Å²) in [4.78, 5) is 29.0. The Hall–Kier alpha value is -2.70.